The van der Waals surface area contributed by atoms with Crippen LogP contribution in [-0.2, 0) is 6.42 Å². The predicted molar refractivity (Wildman–Crippen MR) is 82.8 cm³/mol. The van der Waals surface area contributed by atoms with Gasteiger partial charge in [0, 0.05) is 37.3 Å². The molecule has 0 radical (unpaired) electrons. The molecule has 1 atom stereocenters. The maximum Gasteiger partial charge on any atom is 0.157 e. The van der Waals surface area contributed by atoms with Gasteiger partial charge in [-0.3, -0.25) is 15.0 Å². The van der Waals surface area contributed by atoms with Crippen molar-refractivity contribution in [3.05, 3.63) is 60.2 Å². The molecule has 0 spiro atoms. The van der Waals surface area contributed by atoms with Crippen molar-refractivity contribution in [1.82, 2.24) is 15.3 Å². The van der Waals surface area contributed by atoms with Crippen LogP contribution in [0, 0.1) is 0 Å². The lowest BCUT2D eigenvalue weighted by Crippen LogP contribution is -2.15. The zero-order valence-corrected chi connectivity index (χ0v) is 11.9. The van der Waals surface area contributed by atoms with E-state index in [9.17, 15) is 0 Å². The highest BCUT2D eigenvalue weighted by atomic mass is 32.2. The van der Waals surface area contributed by atoms with Crippen LogP contribution in [0.2, 0.25) is 0 Å². The summed E-state index contributed by atoms with van der Waals surface area (Å²) in [5, 5.41) is 4.35. The third-order valence-electron chi connectivity index (χ3n) is 3.09. The lowest BCUT2D eigenvalue weighted by Gasteiger charge is -2.13. The summed E-state index contributed by atoms with van der Waals surface area (Å²) in [5.41, 5.74) is 2.17. The van der Waals surface area contributed by atoms with Crippen molar-refractivity contribution in [3.8, 4) is 0 Å². The van der Waals surface area contributed by atoms with Crippen molar-refractivity contribution >= 4 is 16.9 Å². The Morgan fingerprint density at radius 2 is 2.15 bits per heavy atom. The first-order valence-electron chi connectivity index (χ1n) is 6.66. The summed E-state index contributed by atoms with van der Waals surface area (Å²) in [6.45, 7) is 0.996. The first-order valence-corrected chi connectivity index (χ1v) is 7.65. The van der Waals surface area contributed by atoms with E-state index >= 15 is 0 Å². The van der Waals surface area contributed by atoms with Gasteiger partial charge >= 0.3 is 0 Å². The third-order valence-corrected chi connectivity index (χ3v) is 4.03. The predicted octanol–water partition coefficient (Wildman–Crippen LogP) is 2.45. The van der Waals surface area contributed by atoms with E-state index < -0.39 is 0 Å². The maximum absolute atomic E-state index is 4.84. The van der Waals surface area contributed by atoms with Crippen LogP contribution in [-0.4, -0.2) is 27.4 Å². The van der Waals surface area contributed by atoms with Crippen molar-refractivity contribution in [2.45, 2.75) is 12.5 Å². The van der Waals surface area contributed by atoms with Gasteiger partial charge in [0.15, 0.2) is 5.17 Å². The Bertz CT molecular complexity index is 563. The van der Waals surface area contributed by atoms with Gasteiger partial charge in [0.25, 0.3) is 0 Å². The Hall–Kier alpha value is -1.88. The molecule has 0 bridgehead atoms. The fourth-order valence-corrected chi connectivity index (χ4v) is 2.93. The minimum atomic E-state index is 0.0843. The van der Waals surface area contributed by atoms with Gasteiger partial charge in [-0.05, 0) is 5.56 Å². The zero-order valence-electron chi connectivity index (χ0n) is 11.1. The molecule has 1 aromatic carbocycles. The van der Waals surface area contributed by atoms with Crippen molar-refractivity contribution < 1.29 is 0 Å². The molecule has 20 heavy (non-hydrogen) atoms. The molecular formula is C15H16N4S. The lowest BCUT2D eigenvalue weighted by molar-refractivity contribution is 0.703. The number of rotatable bonds is 4. The SMILES string of the molecule is c1ccc(C(Cc2cnccn2)/N=C2/NCCS2)cc1. The molecule has 1 aliphatic heterocycles. The monoisotopic (exact) mass is 284 g/mol. The summed E-state index contributed by atoms with van der Waals surface area (Å²) in [5.74, 6) is 1.09. The van der Waals surface area contributed by atoms with Gasteiger partial charge in [-0.2, -0.15) is 0 Å². The standard InChI is InChI=1S/C15H16N4S/c1-2-4-12(5-3-1)14(19-15-18-8-9-20-15)10-13-11-16-6-7-17-13/h1-7,11,14H,8-10H2,(H,18,19). The summed E-state index contributed by atoms with van der Waals surface area (Å²) in [6.07, 6.45) is 6.00. The third kappa shape index (κ3) is 3.36. The molecule has 5 heteroatoms. The smallest absolute Gasteiger partial charge is 0.157 e. The Morgan fingerprint density at radius 3 is 2.85 bits per heavy atom. The van der Waals surface area contributed by atoms with Crippen LogP contribution in [0.1, 0.15) is 17.3 Å². The zero-order chi connectivity index (χ0) is 13.6. The molecule has 1 unspecified atom stereocenters. The summed E-state index contributed by atoms with van der Waals surface area (Å²) in [4.78, 5) is 13.3. The second kappa shape index (κ2) is 6.52. The fraction of sp³-hybridized carbons (Fsp3) is 0.267. The average Bonchev–Trinajstić information content (AvgIpc) is 3.02. The topological polar surface area (TPSA) is 50.2 Å². The number of hydrogen-bond acceptors (Lipinski definition) is 4. The van der Waals surface area contributed by atoms with E-state index in [1.807, 2.05) is 12.3 Å². The van der Waals surface area contributed by atoms with E-state index in [1.54, 1.807) is 24.2 Å². The van der Waals surface area contributed by atoms with Crippen molar-refractivity contribution in [2.75, 3.05) is 12.3 Å². The maximum atomic E-state index is 4.84. The van der Waals surface area contributed by atoms with Crippen LogP contribution in [0.5, 0.6) is 0 Å². The number of amidine groups is 1. The summed E-state index contributed by atoms with van der Waals surface area (Å²) >= 11 is 1.78. The van der Waals surface area contributed by atoms with E-state index in [0.29, 0.717) is 0 Å². The molecular weight excluding hydrogens is 268 g/mol. The number of benzene rings is 1. The molecule has 1 fully saturated rings. The number of nitrogens with zero attached hydrogens (tertiary/aromatic N) is 3. The van der Waals surface area contributed by atoms with Gasteiger partial charge in [0.2, 0.25) is 0 Å². The van der Waals surface area contributed by atoms with Crippen LogP contribution in [0.4, 0.5) is 0 Å². The van der Waals surface area contributed by atoms with Crippen LogP contribution in [0.25, 0.3) is 0 Å². The fourth-order valence-electron chi connectivity index (χ4n) is 2.13. The van der Waals surface area contributed by atoms with Crippen LogP contribution < -0.4 is 5.32 Å². The van der Waals surface area contributed by atoms with Gasteiger partial charge in [-0.25, -0.2) is 0 Å². The highest BCUT2D eigenvalue weighted by Crippen LogP contribution is 2.23. The Balaban J connectivity index is 1.85. The molecule has 102 valence electrons. The molecule has 3 rings (SSSR count). The Kier molecular flexibility index (Phi) is 4.28. The molecule has 1 saturated heterocycles. The van der Waals surface area contributed by atoms with Crippen molar-refractivity contribution in [1.29, 1.82) is 0 Å². The molecule has 4 nitrogen and oxygen atoms in total. The molecule has 2 aromatic rings. The van der Waals surface area contributed by atoms with E-state index in [2.05, 4.69) is 39.6 Å². The molecule has 1 N–H and O–H groups in total. The van der Waals surface area contributed by atoms with Gasteiger partial charge in [-0.1, -0.05) is 42.1 Å². The summed E-state index contributed by atoms with van der Waals surface area (Å²) < 4.78 is 0. The lowest BCUT2D eigenvalue weighted by atomic mass is 10.0. The summed E-state index contributed by atoms with van der Waals surface area (Å²) in [6, 6.07) is 10.4. The van der Waals surface area contributed by atoms with Crippen LogP contribution in [0.15, 0.2) is 53.9 Å². The van der Waals surface area contributed by atoms with Gasteiger partial charge in [0.05, 0.1) is 11.7 Å². The quantitative estimate of drug-likeness (QED) is 0.937. The van der Waals surface area contributed by atoms with Crippen LogP contribution in [0.3, 0.4) is 0 Å². The number of thioether (sulfide) groups is 1. The van der Waals surface area contributed by atoms with Gasteiger partial charge in [-0.15, -0.1) is 0 Å². The summed E-state index contributed by atoms with van der Waals surface area (Å²) in [7, 11) is 0. The number of hydrogen-bond donors (Lipinski definition) is 1. The van der Waals surface area contributed by atoms with Crippen LogP contribution >= 0.6 is 11.8 Å². The van der Waals surface area contributed by atoms with E-state index in [-0.39, 0.29) is 6.04 Å². The molecule has 0 aliphatic carbocycles. The van der Waals surface area contributed by atoms with Crippen molar-refractivity contribution in [2.24, 2.45) is 4.99 Å². The molecule has 2 heterocycles. The second-order valence-corrected chi connectivity index (χ2v) is 5.62. The molecule has 1 aliphatic rings. The van der Waals surface area contributed by atoms with Gasteiger partial charge < -0.3 is 5.32 Å². The number of aromatic nitrogens is 2. The van der Waals surface area contributed by atoms with E-state index in [1.165, 1.54) is 5.56 Å². The van der Waals surface area contributed by atoms with E-state index in [0.717, 1.165) is 29.6 Å². The largest absolute Gasteiger partial charge is 0.364 e. The minimum absolute atomic E-state index is 0.0843. The van der Waals surface area contributed by atoms with Gasteiger partial charge in [0.1, 0.15) is 0 Å². The Morgan fingerprint density at radius 1 is 1.25 bits per heavy atom. The average molecular weight is 284 g/mol. The molecule has 0 saturated carbocycles. The normalized spacial score (nSPS) is 17.9. The van der Waals surface area contributed by atoms with E-state index in [4.69, 9.17) is 4.99 Å². The molecule has 1 aromatic heterocycles. The molecule has 0 amide bonds. The number of nitrogens with one attached hydrogen (secondary N) is 1. The minimum Gasteiger partial charge on any atom is -0.364 e. The highest BCUT2D eigenvalue weighted by Gasteiger charge is 2.15. The first-order chi connectivity index (χ1) is 9.92. The highest BCUT2D eigenvalue weighted by molar-refractivity contribution is 8.14. The Labute approximate surface area is 122 Å². The number of aliphatic imine (C=N–C) groups is 1. The first kappa shape index (κ1) is 13.1. The van der Waals surface area contributed by atoms with Crippen molar-refractivity contribution in [3.63, 3.8) is 0 Å². The second-order valence-electron chi connectivity index (χ2n) is 4.54.